The first kappa shape index (κ1) is 20.6. The van der Waals surface area contributed by atoms with Crippen LogP contribution in [0.5, 0.6) is 17.2 Å². The van der Waals surface area contributed by atoms with Crippen molar-refractivity contribution < 1.29 is 29.3 Å². The summed E-state index contributed by atoms with van der Waals surface area (Å²) < 4.78 is 11.1. The lowest BCUT2D eigenvalue weighted by atomic mass is 9.95. The predicted octanol–water partition coefficient (Wildman–Crippen LogP) is 3.18. The van der Waals surface area contributed by atoms with Crippen molar-refractivity contribution in [3.8, 4) is 17.2 Å². The summed E-state index contributed by atoms with van der Waals surface area (Å²) in [7, 11) is 0. The molecule has 2 aliphatic rings. The average Bonchev–Trinajstić information content (AvgIpc) is 3.09. The molecule has 33 heavy (non-hydrogen) atoms. The molecular formula is C25H20N2O6. The fraction of sp³-hybridized carbons (Fsp3) is 0.160. The van der Waals surface area contributed by atoms with Crippen LogP contribution in [0.15, 0.2) is 72.6 Å². The van der Waals surface area contributed by atoms with E-state index in [1.165, 1.54) is 17.0 Å². The van der Waals surface area contributed by atoms with Crippen LogP contribution in [0.1, 0.15) is 22.7 Å². The molecule has 2 N–H and O–H groups in total. The Kier molecular flexibility index (Phi) is 5.18. The molecule has 3 heterocycles. The first-order valence-electron chi connectivity index (χ1n) is 10.4. The van der Waals surface area contributed by atoms with Crippen LogP contribution in [-0.2, 0) is 16.1 Å². The lowest BCUT2D eigenvalue weighted by molar-refractivity contribution is -0.140. The highest BCUT2D eigenvalue weighted by atomic mass is 16.6. The lowest BCUT2D eigenvalue weighted by Gasteiger charge is -2.25. The molecule has 1 fully saturated rings. The van der Waals surface area contributed by atoms with Crippen LogP contribution in [0, 0.1) is 0 Å². The molecule has 1 saturated heterocycles. The van der Waals surface area contributed by atoms with Crippen LogP contribution < -0.4 is 9.47 Å². The fourth-order valence-corrected chi connectivity index (χ4v) is 4.12. The highest BCUT2D eigenvalue weighted by Crippen LogP contribution is 2.42. The number of amides is 1. The number of aliphatic hydroxyl groups is 1. The molecule has 0 spiro atoms. The zero-order chi connectivity index (χ0) is 22.9. The van der Waals surface area contributed by atoms with E-state index in [0.29, 0.717) is 35.8 Å². The summed E-state index contributed by atoms with van der Waals surface area (Å²) in [5.41, 5.74) is 1.48. The number of aliphatic hydroxyl groups excluding tert-OH is 1. The molecule has 3 aromatic rings. The van der Waals surface area contributed by atoms with Crippen molar-refractivity contribution in [1.29, 1.82) is 0 Å². The molecule has 8 nitrogen and oxygen atoms in total. The molecule has 0 unspecified atom stereocenters. The van der Waals surface area contributed by atoms with Crippen molar-refractivity contribution in [3.63, 3.8) is 0 Å². The van der Waals surface area contributed by atoms with Crippen molar-refractivity contribution in [2.45, 2.75) is 12.6 Å². The number of hydrogen-bond donors (Lipinski definition) is 2. The number of rotatable bonds is 4. The molecular weight excluding hydrogens is 424 g/mol. The number of Topliss-reactive ketones (excluding diaryl/α,β-unsaturated/α-hetero) is 1. The number of aromatic nitrogens is 1. The minimum atomic E-state index is -0.898. The fourth-order valence-electron chi connectivity index (χ4n) is 4.12. The number of ketones is 1. The molecule has 8 heteroatoms. The van der Waals surface area contributed by atoms with E-state index in [1.807, 2.05) is 0 Å². The smallest absolute Gasteiger partial charge is 0.295 e. The number of fused-ring (bicyclic) bond motifs is 1. The van der Waals surface area contributed by atoms with E-state index in [2.05, 4.69) is 4.98 Å². The normalized spacial score (nSPS) is 19.0. The number of benzene rings is 2. The summed E-state index contributed by atoms with van der Waals surface area (Å²) in [5.74, 6) is -0.903. The van der Waals surface area contributed by atoms with Gasteiger partial charge in [0.15, 0.2) is 11.5 Å². The first-order valence-corrected chi connectivity index (χ1v) is 10.4. The lowest BCUT2D eigenvalue weighted by Crippen LogP contribution is -2.29. The van der Waals surface area contributed by atoms with Gasteiger partial charge in [-0.3, -0.25) is 14.6 Å². The number of nitrogens with zero attached hydrogens (tertiary/aromatic N) is 2. The van der Waals surface area contributed by atoms with Crippen LogP contribution in [0.2, 0.25) is 0 Å². The van der Waals surface area contributed by atoms with Gasteiger partial charge >= 0.3 is 0 Å². The van der Waals surface area contributed by atoms with Gasteiger partial charge in [-0.25, -0.2) is 0 Å². The largest absolute Gasteiger partial charge is 0.508 e. The number of carbonyl (C=O) groups excluding carboxylic acids is 2. The van der Waals surface area contributed by atoms with Crippen molar-refractivity contribution in [2.24, 2.45) is 0 Å². The number of pyridine rings is 1. The predicted molar refractivity (Wildman–Crippen MR) is 118 cm³/mol. The second-order valence-corrected chi connectivity index (χ2v) is 7.74. The van der Waals surface area contributed by atoms with Crippen molar-refractivity contribution in [2.75, 3.05) is 13.2 Å². The minimum Gasteiger partial charge on any atom is -0.508 e. The highest BCUT2D eigenvalue weighted by Gasteiger charge is 2.46. The Morgan fingerprint density at radius 2 is 1.85 bits per heavy atom. The van der Waals surface area contributed by atoms with Crippen LogP contribution in [0.4, 0.5) is 0 Å². The maximum Gasteiger partial charge on any atom is 0.295 e. The second-order valence-electron chi connectivity index (χ2n) is 7.74. The zero-order valence-electron chi connectivity index (χ0n) is 17.5. The Morgan fingerprint density at radius 1 is 1.03 bits per heavy atom. The van der Waals surface area contributed by atoms with Crippen LogP contribution in [-0.4, -0.2) is 45.0 Å². The Morgan fingerprint density at radius 3 is 2.61 bits per heavy atom. The summed E-state index contributed by atoms with van der Waals surface area (Å²) in [6.45, 7) is 0.905. The van der Waals surface area contributed by atoms with Gasteiger partial charge in [0, 0.05) is 24.5 Å². The second kappa shape index (κ2) is 8.31. The highest BCUT2D eigenvalue weighted by molar-refractivity contribution is 6.46. The maximum absolute atomic E-state index is 13.1. The van der Waals surface area contributed by atoms with Crippen LogP contribution >= 0.6 is 0 Å². The number of aromatic hydroxyl groups is 1. The van der Waals surface area contributed by atoms with Gasteiger partial charge in [-0.15, -0.1) is 0 Å². The van der Waals surface area contributed by atoms with Gasteiger partial charge in [0.2, 0.25) is 0 Å². The minimum absolute atomic E-state index is 0.0150. The SMILES string of the molecule is O=C1C(=O)N(Cc2cccnc2)[C@@H](c2cccc(O)c2)/C1=C(\O)c1ccc2c(c1)OCCO2. The van der Waals surface area contributed by atoms with Gasteiger partial charge in [0.25, 0.3) is 11.7 Å². The number of ether oxygens (including phenoxy) is 2. The monoisotopic (exact) mass is 444 g/mol. The van der Waals surface area contributed by atoms with E-state index in [1.54, 1.807) is 54.9 Å². The molecule has 0 aliphatic carbocycles. The van der Waals surface area contributed by atoms with Crippen LogP contribution in [0.25, 0.3) is 5.76 Å². The number of hydrogen-bond acceptors (Lipinski definition) is 7. The first-order chi connectivity index (χ1) is 16.0. The molecule has 2 aliphatic heterocycles. The number of phenolic OH excluding ortho intramolecular Hbond substituents is 1. The van der Waals surface area contributed by atoms with E-state index < -0.39 is 17.7 Å². The topological polar surface area (TPSA) is 109 Å². The van der Waals surface area contributed by atoms with Crippen LogP contribution in [0.3, 0.4) is 0 Å². The average molecular weight is 444 g/mol. The molecule has 2 aromatic carbocycles. The summed E-state index contributed by atoms with van der Waals surface area (Å²) in [4.78, 5) is 31.6. The zero-order valence-corrected chi connectivity index (χ0v) is 17.5. The van der Waals surface area contributed by atoms with Gasteiger partial charge in [-0.05, 0) is 47.5 Å². The number of phenols is 1. The number of carbonyl (C=O) groups is 2. The molecule has 1 aromatic heterocycles. The molecule has 0 saturated carbocycles. The third kappa shape index (κ3) is 3.76. The Labute approximate surface area is 189 Å². The third-order valence-corrected chi connectivity index (χ3v) is 5.62. The van der Waals surface area contributed by atoms with Crippen molar-refractivity contribution >= 4 is 17.4 Å². The number of likely N-dealkylation sites (tertiary alicyclic amines) is 1. The van der Waals surface area contributed by atoms with E-state index in [4.69, 9.17) is 9.47 Å². The Bertz CT molecular complexity index is 1270. The summed E-state index contributed by atoms with van der Waals surface area (Å²) in [6, 6.07) is 13.8. The summed E-state index contributed by atoms with van der Waals surface area (Å²) in [6.07, 6.45) is 3.23. The van der Waals surface area contributed by atoms with E-state index in [-0.39, 0.29) is 23.6 Å². The van der Waals surface area contributed by atoms with Gasteiger partial charge in [-0.1, -0.05) is 18.2 Å². The van der Waals surface area contributed by atoms with E-state index >= 15 is 0 Å². The summed E-state index contributed by atoms with van der Waals surface area (Å²) in [5, 5.41) is 21.3. The van der Waals surface area contributed by atoms with E-state index in [9.17, 15) is 19.8 Å². The van der Waals surface area contributed by atoms with Gasteiger partial charge < -0.3 is 24.6 Å². The quantitative estimate of drug-likeness (QED) is 0.361. The summed E-state index contributed by atoms with van der Waals surface area (Å²) >= 11 is 0. The van der Waals surface area contributed by atoms with Gasteiger partial charge in [-0.2, -0.15) is 0 Å². The van der Waals surface area contributed by atoms with Crippen molar-refractivity contribution in [1.82, 2.24) is 9.88 Å². The molecule has 0 radical (unpaired) electrons. The molecule has 1 atom stereocenters. The Balaban J connectivity index is 1.64. The standard InChI is InChI=1S/C25H20N2O6/c28-18-5-1-4-16(11-18)22-21(23(29)17-6-7-19-20(12-17)33-10-9-32-19)24(30)25(31)27(22)14-15-3-2-8-26-13-15/h1-8,11-13,22,28-29H,9-10,14H2/b23-21+/t22-/m0/s1. The molecule has 5 rings (SSSR count). The van der Waals surface area contributed by atoms with Gasteiger partial charge in [0.1, 0.15) is 24.7 Å². The maximum atomic E-state index is 13.1. The van der Waals surface area contributed by atoms with Gasteiger partial charge in [0.05, 0.1) is 11.6 Å². The molecule has 166 valence electrons. The molecule has 1 amide bonds. The van der Waals surface area contributed by atoms with E-state index in [0.717, 1.165) is 5.56 Å². The third-order valence-electron chi connectivity index (χ3n) is 5.62. The van der Waals surface area contributed by atoms with Crippen molar-refractivity contribution in [3.05, 3.63) is 89.3 Å². The molecule has 0 bridgehead atoms. The Hall–Kier alpha value is -4.33.